The third-order valence-electron chi connectivity index (χ3n) is 19.9. The summed E-state index contributed by atoms with van der Waals surface area (Å²) in [4.78, 5) is 84.0. The van der Waals surface area contributed by atoms with Gasteiger partial charge in [-0.3, -0.25) is 38.9 Å². The number of nitrogens with zero attached hydrogens (tertiary/aromatic N) is 10. The van der Waals surface area contributed by atoms with Crippen molar-refractivity contribution in [3.8, 4) is 40.2 Å². The molecule has 35 heteroatoms. The predicted octanol–water partition coefficient (Wildman–Crippen LogP) is 6.05. The van der Waals surface area contributed by atoms with E-state index >= 15 is 0 Å². The first-order valence-electron chi connectivity index (χ1n) is 36.7. The molecule has 0 spiro atoms. The lowest BCUT2D eigenvalue weighted by molar-refractivity contribution is -0.916. The molecule has 6 aliphatic heterocycles. The van der Waals surface area contributed by atoms with Crippen molar-refractivity contribution in [2.24, 2.45) is 9.98 Å². The van der Waals surface area contributed by atoms with Crippen LogP contribution >= 0.6 is 22.7 Å². The molecule has 5 aromatic carbocycles. The molecule has 0 bridgehead atoms. The highest BCUT2D eigenvalue weighted by Gasteiger charge is 2.46. The summed E-state index contributed by atoms with van der Waals surface area (Å²) >= 11 is 3.35. The Balaban J connectivity index is 0.633. The zero-order valence-corrected chi connectivity index (χ0v) is 65.3. The fourth-order valence-corrected chi connectivity index (χ4v) is 16.7. The lowest BCUT2D eigenvalue weighted by Gasteiger charge is -2.39. The minimum Gasteiger partial charge on any atom is -0.493 e. The molecule has 600 valence electrons. The van der Waals surface area contributed by atoms with E-state index in [0.29, 0.717) is 101 Å². The van der Waals surface area contributed by atoms with Crippen LogP contribution in [0.2, 0.25) is 0 Å². The SMILES string of the molecule is COc1cc2c(cc1OCc1cc(COc3cc4c(cc3OC)C(=O)N3Cc5ccsc5C[C@H]3C=N4)cc(C[N+](C)(C)Cc3ccc(OS(=O)(=O)Oc4cc(C(=O)N(C)CCOCCn5cc(COCCOCCN6C(=O)C=CC6=O)nn5)ccc4OC4O[C@H](CO)[C@H](O)[C@H](O)[C@H]4O)cc3)c1)N=C[C@@H]1Cc3sccc3CN1C2=O. The van der Waals surface area contributed by atoms with E-state index in [0.717, 1.165) is 44.3 Å². The largest absolute Gasteiger partial charge is 0.501 e. The molecule has 5 amide bonds. The number of carbonyl (C=O) groups is 5. The summed E-state index contributed by atoms with van der Waals surface area (Å²) in [5.41, 5.74) is 7.67. The Morgan fingerprint density at radius 3 is 1.81 bits per heavy atom. The Morgan fingerprint density at radius 2 is 1.20 bits per heavy atom. The number of aliphatic imine (C=N–C) groups is 2. The van der Waals surface area contributed by atoms with Gasteiger partial charge in [-0.15, -0.1) is 36.2 Å². The highest BCUT2D eigenvalue weighted by atomic mass is 32.3. The molecule has 0 radical (unpaired) electrons. The number of hydrogen-bond acceptors (Lipinski definition) is 28. The Morgan fingerprint density at radius 1 is 0.623 bits per heavy atom. The van der Waals surface area contributed by atoms with Crippen LogP contribution in [-0.2, 0) is 104 Å². The molecule has 1 unspecified atom stereocenters. The van der Waals surface area contributed by atoms with E-state index in [1.54, 1.807) is 70.0 Å². The van der Waals surface area contributed by atoms with Crippen LogP contribution < -0.4 is 32.1 Å². The quantitative estimate of drug-likeness (QED) is 0.0203. The van der Waals surface area contributed by atoms with Gasteiger partial charge in [0.15, 0.2) is 34.5 Å². The average Bonchev–Trinajstić information content (AvgIpc) is 1.67. The Hall–Kier alpha value is -10.5. The van der Waals surface area contributed by atoms with Gasteiger partial charge in [0.2, 0.25) is 6.29 Å². The van der Waals surface area contributed by atoms with E-state index in [-0.39, 0.29) is 113 Å². The first-order chi connectivity index (χ1) is 55.0. The number of benzene rings is 5. The van der Waals surface area contributed by atoms with Crippen molar-refractivity contribution in [3.05, 3.63) is 192 Å². The van der Waals surface area contributed by atoms with Crippen molar-refractivity contribution in [1.82, 2.24) is 34.6 Å². The number of ether oxygens (including phenoxy) is 9. The maximum Gasteiger partial charge on any atom is 0.501 e. The molecular formula is C79H85N10O22S3+. The van der Waals surface area contributed by atoms with Crippen LogP contribution in [0.5, 0.6) is 40.2 Å². The van der Waals surface area contributed by atoms with Crippen molar-refractivity contribution in [1.29, 1.82) is 0 Å². The number of hydrogen-bond donors (Lipinski definition) is 4. The van der Waals surface area contributed by atoms with E-state index in [9.17, 15) is 52.8 Å². The number of quaternary nitrogens is 1. The molecule has 14 rings (SSSR count). The van der Waals surface area contributed by atoms with Gasteiger partial charge in [-0.05, 0) is 118 Å². The molecule has 32 nitrogen and oxygen atoms in total. The molecule has 3 aromatic heterocycles. The Kier molecular flexibility index (Phi) is 24.6. The van der Waals surface area contributed by atoms with E-state index in [1.165, 1.54) is 72.3 Å². The van der Waals surface area contributed by atoms with Gasteiger partial charge in [0.1, 0.15) is 62.2 Å². The van der Waals surface area contributed by atoms with Gasteiger partial charge in [-0.2, -0.15) is 0 Å². The van der Waals surface area contributed by atoms with E-state index in [4.69, 9.17) is 61.0 Å². The van der Waals surface area contributed by atoms with Gasteiger partial charge in [-0.1, -0.05) is 5.21 Å². The second-order valence-corrected chi connectivity index (χ2v) is 31.7. The topological polar surface area (TPSA) is 370 Å². The molecule has 0 saturated carbocycles. The van der Waals surface area contributed by atoms with Crippen molar-refractivity contribution >= 4 is 86.4 Å². The molecule has 9 heterocycles. The summed E-state index contributed by atoms with van der Waals surface area (Å²) < 4.78 is 94.3. The summed E-state index contributed by atoms with van der Waals surface area (Å²) in [5.74, 6) is -1.35. The molecule has 6 aliphatic rings. The zero-order valence-electron chi connectivity index (χ0n) is 62.9. The number of methoxy groups -OCH3 is 2. The van der Waals surface area contributed by atoms with Crippen LogP contribution in [0.3, 0.4) is 0 Å². The predicted molar refractivity (Wildman–Crippen MR) is 412 cm³/mol. The highest BCUT2D eigenvalue weighted by Crippen LogP contribution is 2.43. The number of thiophene rings is 2. The molecule has 1 saturated heterocycles. The average molecular weight is 1620 g/mol. The third kappa shape index (κ3) is 18.6. The molecule has 1 fully saturated rings. The second-order valence-electron chi connectivity index (χ2n) is 28.6. The number of aliphatic hydroxyl groups excluding tert-OH is 4. The van der Waals surface area contributed by atoms with Crippen molar-refractivity contribution < 1.29 is 108 Å². The van der Waals surface area contributed by atoms with Crippen LogP contribution in [0, 0.1) is 0 Å². The van der Waals surface area contributed by atoms with Crippen LogP contribution in [0.15, 0.2) is 136 Å². The van der Waals surface area contributed by atoms with Gasteiger partial charge >= 0.3 is 10.4 Å². The fourth-order valence-electron chi connectivity index (χ4n) is 14.1. The summed E-state index contributed by atoms with van der Waals surface area (Å²) in [6, 6.07) is 26.4. The fraction of sp³-hybridized carbons (Fsp3) is 0.380. The minimum atomic E-state index is -5.09. The van der Waals surface area contributed by atoms with Gasteiger partial charge in [0.05, 0.1) is 128 Å². The van der Waals surface area contributed by atoms with Crippen LogP contribution in [0.1, 0.15) is 79.9 Å². The van der Waals surface area contributed by atoms with Crippen molar-refractivity contribution in [2.45, 2.75) is 108 Å². The first kappa shape index (κ1) is 80.1. The van der Waals surface area contributed by atoms with Crippen LogP contribution in [0.4, 0.5) is 11.4 Å². The summed E-state index contributed by atoms with van der Waals surface area (Å²) in [5, 5.41) is 54.2. The van der Waals surface area contributed by atoms with Gasteiger partial charge in [0, 0.05) is 103 Å². The molecule has 8 aromatic rings. The summed E-state index contributed by atoms with van der Waals surface area (Å²) in [6.07, 6.45) is 0.431. The molecule has 0 aliphatic carbocycles. The summed E-state index contributed by atoms with van der Waals surface area (Å²) in [7, 11) is 3.52. The number of imide groups is 1. The number of carbonyl (C=O) groups excluding carboxylic acids is 5. The van der Waals surface area contributed by atoms with Crippen LogP contribution in [-0.4, -0.2) is 241 Å². The van der Waals surface area contributed by atoms with E-state index in [1.807, 2.05) is 65.3 Å². The number of amides is 5. The Bertz CT molecular complexity index is 4930. The number of fused-ring (bicyclic) bond motifs is 6. The van der Waals surface area contributed by atoms with E-state index in [2.05, 4.69) is 22.4 Å². The first-order valence-corrected chi connectivity index (χ1v) is 39.7. The monoisotopic (exact) mass is 1620 g/mol. The maximum atomic E-state index is 14.2. The lowest BCUT2D eigenvalue weighted by Crippen LogP contribution is -2.60. The van der Waals surface area contributed by atoms with Gasteiger partial charge in [-0.25, -0.2) is 4.68 Å². The molecular weight excluding hydrogens is 1540 g/mol. The van der Waals surface area contributed by atoms with Gasteiger partial charge in [0.25, 0.3) is 29.5 Å². The van der Waals surface area contributed by atoms with Gasteiger partial charge < -0.3 is 90.6 Å². The maximum absolute atomic E-state index is 14.2. The Labute approximate surface area is 663 Å². The molecule has 4 N–H and O–H groups in total. The lowest BCUT2D eigenvalue weighted by atomic mass is 9.99. The number of aliphatic hydroxyl groups is 4. The molecule has 114 heavy (non-hydrogen) atoms. The number of aromatic nitrogens is 3. The second kappa shape index (κ2) is 35.1. The number of rotatable bonds is 34. The minimum absolute atomic E-state index is 0.0602. The summed E-state index contributed by atoms with van der Waals surface area (Å²) in [6.45, 7) is 2.72. The normalized spacial score (nSPS) is 19.6. The zero-order chi connectivity index (χ0) is 80.0. The van der Waals surface area contributed by atoms with Crippen molar-refractivity contribution in [3.63, 3.8) is 0 Å². The van der Waals surface area contributed by atoms with E-state index < -0.39 is 65.1 Å². The number of likely N-dealkylation sites (N-methyl/N-ethyl adjacent to an activating group) is 1. The standard InChI is InChI=1S/C79H85N10O22S3/c1-84(16-19-103-20-17-85-40-54(82-83-85)46-105-23-22-104-21-18-86-71(91)12-13-72(86)92)76(96)51-8-11-62(108-79-75(95)74(94)73(93)68(43-90)109-79)67(29-51)111-114(99,100)110-57-9-6-47(7-10-57)41-89(2,3)42-48-26-49(44-106-65-34-60-58(32-63(65)101-4)77(97)87-38-52-14-24-112-69(52)30-55(87)36-80-60)28-50(27-48)45-107-66-35-61-59(33-64(66)102-5)78(98)88-39-53-15-25-113-70(53)31-56(88)37-81-61/h6-15,24-29,32-37,40,55-56,68,73-75,79,90,93-95H,16-23,30-31,38-39,41-46H2,1-5H3/q+1/t55-,56-,68+,73-,74-,75+,79?/m0/s1. The van der Waals surface area contributed by atoms with Crippen LogP contribution in [0.25, 0.3) is 0 Å². The highest BCUT2D eigenvalue weighted by molar-refractivity contribution is 7.82. The smallest absolute Gasteiger partial charge is 0.493 e. The van der Waals surface area contributed by atoms with Crippen molar-refractivity contribution in [2.75, 3.05) is 88.1 Å². The molecule has 7 atom stereocenters. The third-order valence-corrected chi connectivity index (χ3v) is 22.7.